The molecular weight excluding hydrogens is 390 g/mol. The van der Waals surface area contributed by atoms with Crippen LogP contribution in [0.1, 0.15) is 36.9 Å². The summed E-state index contributed by atoms with van der Waals surface area (Å²) in [6.45, 7) is 0.775. The molecule has 9 nitrogen and oxygen atoms in total. The Labute approximate surface area is 172 Å². The molecule has 1 aliphatic heterocycles. The van der Waals surface area contributed by atoms with Crippen LogP contribution in [0.2, 0.25) is 0 Å². The van der Waals surface area contributed by atoms with Crippen molar-refractivity contribution in [1.29, 1.82) is 0 Å². The maximum atomic E-state index is 11.7. The summed E-state index contributed by atoms with van der Waals surface area (Å²) in [7, 11) is 0. The summed E-state index contributed by atoms with van der Waals surface area (Å²) in [6, 6.07) is 2.49. The summed E-state index contributed by atoms with van der Waals surface area (Å²) in [5, 5.41) is 8.83. The number of carbonyl (C=O) groups excluding carboxylic acids is 2. The van der Waals surface area contributed by atoms with Gasteiger partial charge in [-0.3, -0.25) is 14.9 Å². The molecule has 0 unspecified atom stereocenters. The van der Waals surface area contributed by atoms with E-state index >= 15 is 0 Å². The Morgan fingerprint density at radius 2 is 1.90 bits per heavy atom. The molecule has 1 saturated heterocycles. The summed E-state index contributed by atoms with van der Waals surface area (Å²) in [4.78, 5) is 40.1. The minimum Gasteiger partial charge on any atom is -0.351 e. The molecule has 1 saturated carbocycles. The number of nitrogens with zero attached hydrogens (tertiary/aromatic N) is 4. The molecule has 1 aliphatic carbocycles. The highest BCUT2D eigenvalue weighted by atomic mass is 32.2. The van der Waals surface area contributed by atoms with Gasteiger partial charge < -0.3 is 10.6 Å². The third-order valence-electron chi connectivity index (χ3n) is 4.87. The van der Waals surface area contributed by atoms with Crippen molar-refractivity contribution in [2.75, 3.05) is 5.32 Å². The summed E-state index contributed by atoms with van der Waals surface area (Å²) in [5.74, 6) is 0.146. The lowest BCUT2D eigenvalue weighted by atomic mass is 9.91. The molecule has 2 amide bonds. The van der Waals surface area contributed by atoms with Crippen molar-refractivity contribution in [3.05, 3.63) is 47.1 Å². The van der Waals surface area contributed by atoms with Crippen molar-refractivity contribution in [1.82, 2.24) is 30.6 Å². The van der Waals surface area contributed by atoms with Gasteiger partial charge in [0.2, 0.25) is 5.95 Å². The van der Waals surface area contributed by atoms with Gasteiger partial charge in [-0.15, -0.1) is 0 Å². The highest BCUT2D eigenvalue weighted by Crippen LogP contribution is 2.25. The van der Waals surface area contributed by atoms with Crippen LogP contribution >= 0.6 is 11.8 Å². The molecule has 2 aromatic heterocycles. The van der Waals surface area contributed by atoms with E-state index in [9.17, 15) is 9.59 Å². The number of thioether (sulfide) groups is 1. The van der Waals surface area contributed by atoms with E-state index in [-0.39, 0.29) is 11.1 Å². The van der Waals surface area contributed by atoms with E-state index in [2.05, 4.69) is 35.9 Å². The van der Waals surface area contributed by atoms with E-state index in [4.69, 9.17) is 0 Å². The van der Waals surface area contributed by atoms with E-state index in [1.807, 2.05) is 12.4 Å². The van der Waals surface area contributed by atoms with Crippen molar-refractivity contribution in [2.24, 2.45) is 0 Å². The smallest absolute Gasteiger partial charge is 0.290 e. The predicted molar refractivity (Wildman–Crippen MR) is 110 cm³/mol. The Morgan fingerprint density at radius 3 is 2.62 bits per heavy atom. The lowest BCUT2D eigenvalue weighted by molar-refractivity contribution is -0.115. The fourth-order valence-electron chi connectivity index (χ4n) is 3.39. The van der Waals surface area contributed by atoms with Gasteiger partial charge in [0.25, 0.3) is 11.1 Å². The predicted octanol–water partition coefficient (Wildman–Crippen LogP) is 2.10. The number of anilines is 1. The standard InChI is InChI=1S/C19H21N7O2S/c27-17-16(29-19(28)26-17)7-15-5-6-22-18(25-15)24-14-3-1-13(2-4-14)23-10-12-8-20-11-21-9-12/h5-9,11,13-14,23H,1-4,10H2,(H,22,24,25)(H,26,27,28)/b16-7-. The first-order valence-corrected chi connectivity index (χ1v) is 10.3. The topological polar surface area (TPSA) is 122 Å². The largest absolute Gasteiger partial charge is 0.351 e. The third-order valence-corrected chi connectivity index (χ3v) is 5.68. The molecule has 2 aromatic rings. The van der Waals surface area contributed by atoms with Crippen molar-refractivity contribution in [2.45, 2.75) is 44.3 Å². The highest BCUT2D eigenvalue weighted by Gasteiger charge is 2.25. The molecule has 3 N–H and O–H groups in total. The van der Waals surface area contributed by atoms with Gasteiger partial charge in [0.15, 0.2) is 0 Å². The van der Waals surface area contributed by atoms with Crippen LogP contribution in [0.5, 0.6) is 0 Å². The second-order valence-corrected chi connectivity index (χ2v) is 7.99. The van der Waals surface area contributed by atoms with Gasteiger partial charge >= 0.3 is 0 Å². The van der Waals surface area contributed by atoms with Crippen molar-refractivity contribution >= 4 is 34.9 Å². The number of hydrogen-bond donors (Lipinski definition) is 3. The van der Waals surface area contributed by atoms with E-state index in [0.29, 0.717) is 28.6 Å². The zero-order chi connectivity index (χ0) is 20.1. The van der Waals surface area contributed by atoms with E-state index < -0.39 is 0 Å². The Kier molecular flexibility index (Phi) is 6.11. The molecule has 0 atom stereocenters. The molecule has 0 aromatic carbocycles. The van der Waals surface area contributed by atoms with Crippen LogP contribution in [0.25, 0.3) is 6.08 Å². The van der Waals surface area contributed by atoms with Gasteiger partial charge in [-0.2, -0.15) is 0 Å². The minimum absolute atomic E-state index is 0.307. The fourth-order valence-corrected chi connectivity index (χ4v) is 4.05. The fraction of sp³-hybridized carbons (Fsp3) is 0.368. The van der Waals surface area contributed by atoms with Crippen molar-refractivity contribution < 1.29 is 9.59 Å². The molecule has 2 fully saturated rings. The average molecular weight is 411 g/mol. The van der Waals surface area contributed by atoms with Gasteiger partial charge in [-0.25, -0.2) is 19.9 Å². The number of nitrogens with one attached hydrogen (secondary N) is 3. The SMILES string of the molecule is O=C1NC(=O)/C(=C/c2ccnc(NC3CCC(NCc4cncnc4)CC3)n2)S1. The molecule has 4 rings (SSSR count). The van der Waals surface area contributed by atoms with Crippen molar-refractivity contribution in [3.63, 3.8) is 0 Å². The highest BCUT2D eigenvalue weighted by molar-refractivity contribution is 8.18. The summed E-state index contributed by atoms with van der Waals surface area (Å²) in [6.07, 6.45) is 12.6. The van der Waals surface area contributed by atoms with Crippen LogP contribution in [-0.2, 0) is 11.3 Å². The third kappa shape index (κ3) is 5.36. The number of rotatable bonds is 6. The summed E-state index contributed by atoms with van der Waals surface area (Å²) in [5.41, 5.74) is 1.68. The number of hydrogen-bond acceptors (Lipinski definition) is 9. The maximum absolute atomic E-state index is 11.7. The van der Waals surface area contributed by atoms with Gasteiger partial charge in [0, 0.05) is 42.8 Å². The number of imide groups is 1. The second-order valence-electron chi connectivity index (χ2n) is 6.98. The molecule has 10 heteroatoms. The second kappa shape index (κ2) is 9.10. The molecule has 150 valence electrons. The Bertz CT molecular complexity index is 914. The molecule has 2 aliphatic rings. The zero-order valence-corrected chi connectivity index (χ0v) is 16.5. The Morgan fingerprint density at radius 1 is 1.14 bits per heavy atom. The normalized spacial score (nSPS) is 23.2. The molecular formula is C19H21N7O2S. The van der Waals surface area contributed by atoms with Crippen LogP contribution in [-0.4, -0.2) is 43.2 Å². The number of carbonyl (C=O) groups is 2. The quantitative estimate of drug-likeness (QED) is 0.613. The molecule has 29 heavy (non-hydrogen) atoms. The monoisotopic (exact) mass is 411 g/mol. The Balaban J connectivity index is 1.28. The van der Waals surface area contributed by atoms with Gasteiger partial charge in [0.05, 0.1) is 10.6 Å². The van der Waals surface area contributed by atoms with Gasteiger partial charge in [-0.05, 0) is 49.6 Å². The van der Waals surface area contributed by atoms with Crippen LogP contribution < -0.4 is 16.0 Å². The molecule has 3 heterocycles. The van der Waals surface area contributed by atoms with Crippen LogP contribution in [0.15, 0.2) is 35.9 Å². The number of aromatic nitrogens is 4. The van der Waals surface area contributed by atoms with E-state index in [0.717, 1.165) is 49.6 Å². The van der Waals surface area contributed by atoms with Crippen LogP contribution in [0, 0.1) is 0 Å². The first-order valence-electron chi connectivity index (χ1n) is 9.47. The average Bonchev–Trinajstić information content (AvgIpc) is 3.05. The van der Waals surface area contributed by atoms with Crippen LogP contribution in [0.4, 0.5) is 10.7 Å². The minimum atomic E-state index is -0.388. The lowest BCUT2D eigenvalue weighted by Crippen LogP contribution is -2.36. The molecule has 0 bridgehead atoms. The maximum Gasteiger partial charge on any atom is 0.290 e. The van der Waals surface area contributed by atoms with E-state index in [1.54, 1.807) is 18.3 Å². The summed E-state index contributed by atoms with van der Waals surface area (Å²) >= 11 is 0.879. The van der Waals surface area contributed by atoms with Crippen LogP contribution in [0.3, 0.4) is 0 Å². The molecule has 0 radical (unpaired) electrons. The first-order chi connectivity index (χ1) is 14.2. The summed E-state index contributed by atoms with van der Waals surface area (Å²) < 4.78 is 0. The zero-order valence-electron chi connectivity index (χ0n) is 15.7. The molecule has 0 spiro atoms. The van der Waals surface area contributed by atoms with Gasteiger partial charge in [0.1, 0.15) is 6.33 Å². The Hall–Kier alpha value is -2.85. The van der Waals surface area contributed by atoms with E-state index in [1.165, 1.54) is 6.33 Å². The van der Waals surface area contributed by atoms with Crippen molar-refractivity contribution in [3.8, 4) is 0 Å². The first kappa shape index (κ1) is 19.5. The lowest BCUT2D eigenvalue weighted by Gasteiger charge is -2.29. The van der Waals surface area contributed by atoms with Gasteiger partial charge in [-0.1, -0.05) is 0 Å². The number of amides is 2.